The number of benzene rings is 1. The number of aliphatic hydroxyl groups excluding tert-OH is 1. The molecule has 0 saturated carbocycles. The lowest BCUT2D eigenvalue weighted by molar-refractivity contribution is -0.135. The van der Waals surface area contributed by atoms with Gasteiger partial charge in [0.05, 0.1) is 19.2 Å². The van der Waals surface area contributed by atoms with Crippen molar-refractivity contribution in [2.75, 3.05) is 26.2 Å². The number of rotatable bonds is 6. The zero-order valence-electron chi connectivity index (χ0n) is 14.8. The summed E-state index contributed by atoms with van der Waals surface area (Å²) in [6, 6.07) is 8.37. The summed E-state index contributed by atoms with van der Waals surface area (Å²) in [6.45, 7) is 10.4. The molecule has 0 spiro atoms. The molecule has 0 aromatic heterocycles. The average Bonchev–Trinajstić information content (AvgIpc) is 2.51. The number of fused-ring (bicyclic) bond motifs is 1. The fraction of sp³-hybridized carbons (Fsp3) is 0.632. The van der Waals surface area contributed by atoms with Gasteiger partial charge in [0.2, 0.25) is 5.91 Å². The standard InChI is InChI=1S/C19H30N2O2/c1-14(2)11-21(15(3)4)19(23)12-20-10-9-16-7-5-6-8-17(16)18(20)13-22/h5-8,14-15,18,22H,9-13H2,1-4H3. The van der Waals surface area contributed by atoms with Gasteiger partial charge in [-0.25, -0.2) is 0 Å². The van der Waals surface area contributed by atoms with Crippen LogP contribution in [0.2, 0.25) is 0 Å². The highest BCUT2D eigenvalue weighted by Crippen LogP contribution is 2.29. The molecule has 0 fully saturated rings. The molecule has 1 atom stereocenters. The normalized spacial score (nSPS) is 18.3. The zero-order chi connectivity index (χ0) is 17.0. The van der Waals surface area contributed by atoms with Crippen LogP contribution in [0.15, 0.2) is 24.3 Å². The molecule has 1 amide bonds. The number of hydrogen-bond donors (Lipinski definition) is 1. The minimum absolute atomic E-state index is 0.0517. The van der Waals surface area contributed by atoms with Crippen LogP contribution in [0.4, 0.5) is 0 Å². The Bertz CT molecular complexity index is 528. The second kappa shape index (κ2) is 7.93. The lowest BCUT2D eigenvalue weighted by Gasteiger charge is -2.38. The predicted molar refractivity (Wildman–Crippen MR) is 93.2 cm³/mol. The van der Waals surface area contributed by atoms with Crippen LogP contribution in [0.1, 0.15) is 44.9 Å². The Labute approximate surface area is 140 Å². The smallest absolute Gasteiger partial charge is 0.237 e. The molecule has 1 aromatic carbocycles. The summed E-state index contributed by atoms with van der Waals surface area (Å²) in [5, 5.41) is 9.85. The second-order valence-corrected chi connectivity index (χ2v) is 7.15. The second-order valence-electron chi connectivity index (χ2n) is 7.15. The van der Waals surface area contributed by atoms with Crippen molar-refractivity contribution >= 4 is 5.91 Å². The highest BCUT2D eigenvalue weighted by molar-refractivity contribution is 5.78. The van der Waals surface area contributed by atoms with Crippen LogP contribution in [0.25, 0.3) is 0 Å². The third-order valence-electron chi connectivity index (χ3n) is 4.54. The van der Waals surface area contributed by atoms with E-state index in [0.717, 1.165) is 25.1 Å². The van der Waals surface area contributed by atoms with Gasteiger partial charge in [0.15, 0.2) is 0 Å². The van der Waals surface area contributed by atoms with Crippen molar-refractivity contribution in [3.05, 3.63) is 35.4 Å². The third kappa shape index (κ3) is 4.33. The van der Waals surface area contributed by atoms with Crippen molar-refractivity contribution in [3.63, 3.8) is 0 Å². The SMILES string of the molecule is CC(C)CN(C(=O)CN1CCc2ccccc2C1CO)C(C)C. The molecule has 4 heteroatoms. The van der Waals surface area contributed by atoms with Gasteiger partial charge in [0, 0.05) is 19.1 Å². The summed E-state index contributed by atoms with van der Waals surface area (Å²) >= 11 is 0. The van der Waals surface area contributed by atoms with E-state index in [4.69, 9.17) is 0 Å². The fourth-order valence-electron chi connectivity index (χ4n) is 3.37. The van der Waals surface area contributed by atoms with E-state index < -0.39 is 0 Å². The number of aliphatic hydroxyl groups is 1. The summed E-state index contributed by atoms with van der Waals surface area (Å²) in [4.78, 5) is 16.8. The van der Waals surface area contributed by atoms with Crippen molar-refractivity contribution in [2.45, 2.75) is 46.2 Å². The summed E-state index contributed by atoms with van der Waals surface area (Å²) in [5.74, 6) is 0.614. The van der Waals surface area contributed by atoms with Crippen LogP contribution in [0.3, 0.4) is 0 Å². The first-order valence-electron chi connectivity index (χ1n) is 8.66. The molecule has 0 saturated heterocycles. The molecule has 1 aromatic rings. The maximum atomic E-state index is 12.8. The Hall–Kier alpha value is -1.39. The molecule has 2 rings (SSSR count). The first-order chi connectivity index (χ1) is 10.9. The number of carbonyl (C=O) groups is 1. The zero-order valence-corrected chi connectivity index (χ0v) is 14.8. The van der Waals surface area contributed by atoms with Crippen molar-refractivity contribution in [2.24, 2.45) is 5.92 Å². The number of amides is 1. The molecule has 128 valence electrons. The summed E-state index contributed by atoms with van der Waals surface area (Å²) in [5.41, 5.74) is 2.45. The molecule has 0 bridgehead atoms. The molecule has 1 heterocycles. The van der Waals surface area contributed by atoms with Gasteiger partial charge in [0.1, 0.15) is 0 Å². The van der Waals surface area contributed by atoms with Crippen LogP contribution < -0.4 is 0 Å². The summed E-state index contributed by atoms with van der Waals surface area (Å²) in [7, 11) is 0. The fourth-order valence-corrected chi connectivity index (χ4v) is 3.37. The van der Waals surface area contributed by atoms with Gasteiger partial charge in [-0.2, -0.15) is 0 Å². The van der Waals surface area contributed by atoms with Crippen molar-refractivity contribution in [3.8, 4) is 0 Å². The van der Waals surface area contributed by atoms with Gasteiger partial charge in [-0.1, -0.05) is 38.1 Å². The predicted octanol–water partition coefficient (Wildman–Crippen LogP) is 2.47. The van der Waals surface area contributed by atoms with Gasteiger partial charge in [-0.05, 0) is 37.3 Å². The van der Waals surface area contributed by atoms with Crippen LogP contribution in [-0.2, 0) is 11.2 Å². The van der Waals surface area contributed by atoms with E-state index in [1.807, 2.05) is 17.0 Å². The summed E-state index contributed by atoms with van der Waals surface area (Å²) < 4.78 is 0. The molecule has 0 aliphatic carbocycles. The number of hydrogen-bond acceptors (Lipinski definition) is 3. The number of carbonyl (C=O) groups excluding carboxylic acids is 1. The third-order valence-corrected chi connectivity index (χ3v) is 4.54. The minimum atomic E-state index is -0.0723. The van der Waals surface area contributed by atoms with E-state index in [9.17, 15) is 9.90 Å². The van der Waals surface area contributed by atoms with Crippen molar-refractivity contribution in [1.82, 2.24) is 9.80 Å². The quantitative estimate of drug-likeness (QED) is 0.876. The maximum absolute atomic E-state index is 12.8. The first-order valence-corrected chi connectivity index (χ1v) is 8.66. The van der Waals surface area contributed by atoms with E-state index in [1.54, 1.807) is 0 Å². The van der Waals surface area contributed by atoms with Gasteiger partial charge in [-0.15, -0.1) is 0 Å². The van der Waals surface area contributed by atoms with E-state index in [1.165, 1.54) is 5.56 Å². The van der Waals surface area contributed by atoms with E-state index in [2.05, 4.69) is 44.7 Å². The Morgan fingerprint density at radius 2 is 2.00 bits per heavy atom. The lowest BCUT2D eigenvalue weighted by Crippen LogP contribution is -2.48. The highest BCUT2D eigenvalue weighted by atomic mass is 16.3. The van der Waals surface area contributed by atoms with Gasteiger partial charge in [0.25, 0.3) is 0 Å². The molecule has 23 heavy (non-hydrogen) atoms. The Morgan fingerprint density at radius 3 is 2.61 bits per heavy atom. The van der Waals surface area contributed by atoms with Gasteiger partial charge >= 0.3 is 0 Å². The monoisotopic (exact) mass is 318 g/mol. The summed E-state index contributed by atoms with van der Waals surface area (Å²) in [6.07, 6.45) is 0.936. The maximum Gasteiger partial charge on any atom is 0.237 e. The van der Waals surface area contributed by atoms with Crippen molar-refractivity contribution in [1.29, 1.82) is 0 Å². The average molecular weight is 318 g/mol. The molecule has 1 N–H and O–H groups in total. The van der Waals surface area contributed by atoms with Gasteiger partial charge in [-0.3, -0.25) is 9.69 Å². The minimum Gasteiger partial charge on any atom is -0.394 e. The molecule has 0 radical (unpaired) electrons. The van der Waals surface area contributed by atoms with E-state index >= 15 is 0 Å². The van der Waals surface area contributed by atoms with E-state index in [-0.39, 0.29) is 24.6 Å². The van der Waals surface area contributed by atoms with Crippen LogP contribution in [0, 0.1) is 5.92 Å². The van der Waals surface area contributed by atoms with Gasteiger partial charge < -0.3 is 10.0 Å². The van der Waals surface area contributed by atoms with Crippen LogP contribution in [-0.4, -0.2) is 53.1 Å². The van der Waals surface area contributed by atoms with E-state index in [0.29, 0.717) is 12.5 Å². The molecular formula is C19H30N2O2. The Balaban J connectivity index is 2.11. The van der Waals surface area contributed by atoms with Crippen molar-refractivity contribution < 1.29 is 9.90 Å². The molecule has 1 unspecified atom stereocenters. The highest BCUT2D eigenvalue weighted by Gasteiger charge is 2.29. The molecule has 4 nitrogen and oxygen atoms in total. The molecule has 1 aliphatic rings. The molecular weight excluding hydrogens is 288 g/mol. The van der Waals surface area contributed by atoms with Crippen LogP contribution >= 0.6 is 0 Å². The topological polar surface area (TPSA) is 43.8 Å². The number of nitrogens with zero attached hydrogens (tertiary/aromatic N) is 2. The Morgan fingerprint density at radius 1 is 1.30 bits per heavy atom. The lowest BCUT2D eigenvalue weighted by atomic mass is 9.93. The molecule has 1 aliphatic heterocycles. The van der Waals surface area contributed by atoms with Crippen LogP contribution in [0.5, 0.6) is 0 Å². The largest absolute Gasteiger partial charge is 0.394 e. The first kappa shape index (κ1) is 18.0. The Kier molecular flexibility index (Phi) is 6.19.